The largest absolute Gasteiger partial charge is 0.321 e. The maximum Gasteiger partial charge on any atom is 0.256 e. The highest BCUT2D eigenvalue weighted by molar-refractivity contribution is 6.35. The average Bonchev–Trinajstić information content (AvgIpc) is 2.72. The first-order valence-corrected chi connectivity index (χ1v) is 5.83. The van der Waals surface area contributed by atoms with Gasteiger partial charge in [0.25, 0.3) is 5.91 Å². The fourth-order valence-electron chi connectivity index (χ4n) is 2.12. The Kier molecular flexibility index (Phi) is 2.82. The maximum atomic E-state index is 13.8. The summed E-state index contributed by atoms with van der Waals surface area (Å²) in [6, 6.07) is 7.73. The number of hydrogen-bond acceptors (Lipinski definition) is 1. The molecule has 1 aliphatic heterocycles. The van der Waals surface area contributed by atoms with Gasteiger partial charge in [0.15, 0.2) is 11.6 Å². The van der Waals surface area contributed by atoms with Gasteiger partial charge in [-0.15, -0.1) is 0 Å². The van der Waals surface area contributed by atoms with Crippen molar-refractivity contribution in [3.8, 4) is 0 Å². The van der Waals surface area contributed by atoms with Crippen molar-refractivity contribution in [3.63, 3.8) is 0 Å². The minimum Gasteiger partial charge on any atom is -0.321 e. The van der Waals surface area contributed by atoms with E-state index in [1.165, 1.54) is 30.3 Å². The van der Waals surface area contributed by atoms with Crippen LogP contribution in [-0.4, -0.2) is 5.91 Å². The Balaban J connectivity index is 2.17. The van der Waals surface area contributed by atoms with Crippen LogP contribution in [0.3, 0.4) is 0 Å². The Hall–Kier alpha value is -2.56. The van der Waals surface area contributed by atoms with Crippen LogP contribution in [0.4, 0.5) is 18.9 Å². The van der Waals surface area contributed by atoms with Gasteiger partial charge >= 0.3 is 0 Å². The van der Waals surface area contributed by atoms with E-state index < -0.39 is 23.4 Å². The van der Waals surface area contributed by atoms with E-state index in [1.807, 2.05) is 0 Å². The molecule has 0 bridgehead atoms. The predicted molar refractivity (Wildman–Crippen MR) is 69.3 cm³/mol. The molecule has 2 aromatic rings. The summed E-state index contributed by atoms with van der Waals surface area (Å²) in [4.78, 5) is 11.8. The van der Waals surface area contributed by atoms with Crippen LogP contribution < -0.4 is 5.32 Å². The highest BCUT2D eigenvalue weighted by atomic mass is 19.2. The molecule has 2 aromatic carbocycles. The number of nitrogens with one attached hydrogen (secondary N) is 1. The smallest absolute Gasteiger partial charge is 0.256 e. The van der Waals surface area contributed by atoms with Crippen molar-refractivity contribution in [1.82, 2.24) is 0 Å². The van der Waals surface area contributed by atoms with Crippen molar-refractivity contribution in [2.75, 3.05) is 5.32 Å². The van der Waals surface area contributed by atoms with E-state index in [0.29, 0.717) is 5.56 Å². The van der Waals surface area contributed by atoms with E-state index in [-0.39, 0.29) is 16.8 Å². The van der Waals surface area contributed by atoms with Gasteiger partial charge in [0.05, 0.1) is 11.3 Å². The van der Waals surface area contributed by atoms with Crippen LogP contribution in [0, 0.1) is 17.5 Å². The fourth-order valence-corrected chi connectivity index (χ4v) is 2.12. The lowest BCUT2D eigenvalue weighted by atomic mass is 10.0. The van der Waals surface area contributed by atoms with Crippen molar-refractivity contribution in [1.29, 1.82) is 0 Å². The predicted octanol–water partition coefficient (Wildman–Crippen LogP) is 3.60. The lowest BCUT2D eigenvalue weighted by Gasteiger charge is -2.02. The first-order chi connectivity index (χ1) is 9.56. The number of carbonyl (C=O) groups excluding carboxylic acids is 1. The monoisotopic (exact) mass is 275 g/mol. The van der Waals surface area contributed by atoms with Gasteiger partial charge in [-0.3, -0.25) is 4.79 Å². The standard InChI is InChI=1S/C15H8F3NO/c16-9-3-1-2-8(6-9)7-10-13-12(19-15(10)20)5-4-11(17)14(13)18/h1-7H,(H,19,20). The zero-order valence-electron chi connectivity index (χ0n) is 10.1. The number of rotatable bonds is 1. The summed E-state index contributed by atoms with van der Waals surface area (Å²) in [6.07, 6.45) is 1.33. The van der Waals surface area contributed by atoms with Crippen LogP contribution in [0.15, 0.2) is 36.4 Å². The van der Waals surface area contributed by atoms with Crippen LogP contribution in [0.5, 0.6) is 0 Å². The van der Waals surface area contributed by atoms with Gasteiger partial charge in [-0.2, -0.15) is 0 Å². The molecule has 0 aliphatic carbocycles. The SMILES string of the molecule is O=C1Nc2ccc(F)c(F)c2C1=Cc1cccc(F)c1. The van der Waals surface area contributed by atoms with Crippen molar-refractivity contribution in [3.05, 3.63) is 65.0 Å². The van der Waals surface area contributed by atoms with Crippen molar-refractivity contribution in [2.45, 2.75) is 0 Å². The molecule has 0 fully saturated rings. The Morgan fingerprint density at radius 3 is 2.60 bits per heavy atom. The van der Waals surface area contributed by atoms with E-state index in [9.17, 15) is 18.0 Å². The molecule has 0 spiro atoms. The van der Waals surface area contributed by atoms with E-state index in [1.54, 1.807) is 6.07 Å². The molecule has 0 atom stereocenters. The van der Waals surface area contributed by atoms with Crippen LogP contribution in [0.25, 0.3) is 11.6 Å². The average molecular weight is 275 g/mol. The van der Waals surface area contributed by atoms with Gasteiger partial charge in [0.1, 0.15) is 5.82 Å². The summed E-state index contributed by atoms with van der Waals surface area (Å²) in [5, 5.41) is 2.44. The van der Waals surface area contributed by atoms with E-state index in [2.05, 4.69) is 5.32 Å². The first-order valence-electron chi connectivity index (χ1n) is 5.83. The number of hydrogen-bond donors (Lipinski definition) is 1. The van der Waals surface area contributed by atoms with E-state index in [4.69, 9.17) is 0 Å². The number of carbonyl (C=O) groups is 1. The van der Waals surface area contributed by atoms with Crippen LogP contribution in [0.2, 0.25) is 0 Å². The molecule has 2 nitrogen and oxygen atoms in total. The summed E-state index contributed by atoms with van der Waals surface area (Å²) >= 11 is 0. The number of fused-ring (bicyclic) bond motifs is 1. The van der Waals surface area contributed by atoms with Crippen molar-refractivity contribution >= 4 is 23.2 Å². The Morgan fingerprint density at radius 2 is 1.85 bits per heavy atom. The number of benzene rings is 2. The molecule has 1 N–H and O–H groups in total. The molecular weight excluding hydrogens is 267 g/mol. The summed E-state index contributed by atoms with van der Waals surface area (Å²) in [6.45, 7) is 0. The molecule has 3 rings (SSSR count). The van der Waals surface area contributed by atoms with Gasteiger partial charge in [-0.05, 0) is 35.9 Å². The normalized spacial score (nSPS) is 15.3. The summed E-state index contributed by atoms with van der Waals surface area (Å²) in [5.41, 5.74) is 0.449. The van der Waals surface area contributed by atoms with Crippen LogP contribution >= 0.6 is 0 Å². The molecule has 1 amide bonds. The molecule has 0 saturated heterocycles. The third-order valence-electron chi connectivity index (χ3n) is 3.02. The Labute approximate surface area is 112 Å². The number of anilines is 1. The van der Waals surface area contributed by atoms with Crippen molar-refractivity contribution in [2.24, 2.45) is 0 Å². The topological polar surface area (TPSA) is 29.1 Å². The van der Waals surface area contributed by atoms with E-state index in [0.717, 1.165) is 6.07 Å². The lowest BCUT2D eigenvalue weighted by Crippen LogP contribution is -2.03. The number of amides is 1. The van der Waals surface area contributed by atoms with Gasteiger partial charge in [0, 0.05) is 5.56 Å². The van der Waals surface area contributed by atoms with Gasteiger partial charge in [-0.25, -0.2) is 13.2 Å². The van der Waals surface area contributed by atoms with Crippen molar-refractivity contribution < 1.29 is 18.0 Å². The van der Waals surface area contributed by atoms with Crippen LogP contribution in [-0.2, 0) is 4.79 Å². The lowest BCUT2D eigenvalue weighted by molar-refractivity contribution is -0.110. The third kappa shape index (κ3) is 1.97. The molecule has 100 valence electrons. The minimum atomic E-state index is -1.09. The fraction of sp³-hybridized carbons (Fsp3) is 0. The van der Waals surface area contributed by atoms with Crippen LogP contribution in [0.1, 0.15) is 11.1 Å². The molecule has 0 radical (unpaired) electrons. The summed E-state index contributed by atoms with van der Waals surface area (Å²) in [5.74, 6) is -3.15. The molecule has 20 heavy (non-hydrogen) atoms. The zero-order chi connectivity index (χ0) is 14.3. The first kappa shape index (κ1) is 12.5. The zero-order valence-corrected chi connectivity index (χ0v) is 10.1. The molecule has 0 aromatic heterocycles. The minimum absolute atomic E-state index is 0.0254. The highest BCUT2D eigenvalue weighted by Gasteiger charge is 2.29. The second-order valence-corrected chi connectivity index (χ2v) is 4.35. The molecule has 0 saturated carbocycles. The highest BCUT2D eigenvalue weighted by Crippen LogP contribution is 2.36. The van der Waals surface area contributed by atoms with Gasteiger partial charge in [0.2, 0.25) is 0 Å². The van der Waals surface area contributed by atoms with Gasteiger partial charge in [-0.1, -0.05) is 12.1 Å². The molecular formula is C15H8F3NO. The Bertz CT molecular complexity index is 753. The summed E-state index contributed by atoms with van der Waals surface area (Å²) in [7, 11) is 0. The van der Waals surface area contributed by atoms with Gasteiger partial charge < -0.3 is 5.32 Å². The second kappa shape index (κ2) is 4.52. The quantitative estimate of drug-likeness (QED) is 0.792. The maximum absolute atomic E-state index is 13.8. The molecule has 5 heteroatoms. The summed E-state index contributed by atoms with van der Waals surface area (Å²) < 4.78 is 40.2. The molecule has 1 aliphatic rings. The third-order valence-corrected chi connectivity index (χ3v) is 3.02. The molecule has 0 unspecified atom stereocenters. The second-order valence-electron chi connectivity index (χ2n) is 4.35. The van der Waals surface area contributed by atoms with E-state index >= 15 is 0 Å². The Morgan fingerprint density at radius 1 is 1.05 bits per heavy atom. The number of halogens is 3. The molecule has 1 heterocycles.